The number of methoxy groups -OCH3 is 1. The van der Waals surface area contributed by atoms with Crippen molar-refractivity contribution >= 4 is 41.2 Å². The molecule has 0 atom stereocenters. The van der Waals surface area contributed by atoms with Gasteiger partial charge in [0, 0.05) is 0 Å². The van der Waals surface area contributed by atoms with Crippen LogP contribution >= 0.6 is 11.6 Å². The number of amides is 4. The quantitative estimate of drug-likeness (QED) is 0.422. The van der Waals surface area contributed by atoms with Gasteiger partial charge >= 0.3 is 6.03 Å². The van der Waals surface area contributed by atoms with Crippen molar-refractivity contribution < 1.29 is 29.3 Å². The number of rotatable bonds is 3. The first-order valence-corrected chi connectivity index (χ1v) is 7.96. The van der Waals surface area contributed by atoms with Crippen LogP contribution in [0.2, 0.25) is 5.02 Å². The van der Waals surface area contributed by atoms with Crippen molar-refractivity contribution in [3.05, 3.63) is 52.6 Å². The number of ether oxygens (including phenoxy) is 1. The van der Waals surface area contributed by atoms with Gasteiger partial charge in [0.1, 0.15) is 11.3 Å². The third-order valence-electron chi connectivity index (χ3n) is 3.81. The molecule has 3 rings (SSSR count). The lowest BCUT2D eigenvalue weighted by atomic mass is 10.1. The number of anilines is 1. The number of phenolic OH excluding ortho intramolecular Hbond substituents is 2. The maximum Gasteiger partial charge on any atom is 0.335 e. The standard InChI is InChI=1S/C18H13ClN2O6/c1-27-15-5-3-10(8-12(15)19)21-17(25)11(16(24)20-18(21)26)6-9-2-4-13(22)14(23)7-9/h2-8,22-23H,1H3,(H,20,24,26)/b11-6-. The molecule has 0 aromatic heterocycles. The van der Waals surface area contributed by atoms with E-state index >= 15 is 0 Å². The lowest BCUT2D eigenvalue weighted by Crippen LogP contribution is -2.54. The highest BCUT2D eigenvalue weighted by atomic mass is 35.5. The van der Waals surface area contributed by atoms with E-state index in [1.807, 2.05) is 0 Å². The minimum atomic E-state index is -0.920. The average molecular weight is 389 g/mol. The summed E-state index contributed by atoms with van der Waals surface area (Å²) in [4.78, 5) is 37.8. The van der Waals surface area contributed by atoms with Gasteiger partial charge < -0.3 is 14.9 Å². The number of imide groups is 2. The molecule has 0 unspecified atom stereocenters. The van der Waals surface area contributed by atoms with Crippen molar-refractivity contribution in [2.24, 2.45) is 0 Å². The van der Waals surface area contributed by atoms with Gasteiger partial charge in [-0.1, -0.05) is 17.7 Å². The molecule has 3 N–H and O–H groups in total. The van der Waals surface area contributed by atoms with E-state index in [1.165, 1.54) is 49.6 Å². The number of benzene rings is 2. The number of carbonyl (C=O) groups excluding carboxylic acids is 3. The van der Waals surface area contributed by atoms with Crippen molar-refractivity contribution in [2.45, 2.75) is 0 Å². The Hall–Kier alpha value is -3.52. The van der Waals surface area contributed by atoms with Crippen molar-refractivity contribution in [1.29, 1.82) is 0 Å². The molecule has 4 amide bonds. The fraction of sp³-hybridized carbons (Fsp3) is 0.0556. The molecule has 27 heavy (non-hydrogen) atoms. The number of barbiturate groups is 1. The summed E-state index contributed by atoms with van der Waals surface area (Å²) in [7, 11) is 1.42. The average Bonchev–Trinajstić information content (AvgIpc) is 2.61. The van der Waals surface area contributed by atoms with E-state index < -0.39 is 23.6 Å². The summed E-state index contributed by atoms with van der Waals surface area (Å²) in [5.41, 5.74) is 0.104. The Bertz CT molecular complexity index is 1000. The first-order valence-electron chi connectivity index (χ1n) is 7.59. The predicted octanol–water partition coefficient (Wildman–Crippen LogP) is 2.43. The van der Waals surface area contributed by atoms with Crippen LogP contribution in [0.25, 0.3) is 6.08 Å². The highest BCUT2D eigenvalue weighted by Crippen LogP contribution is 2.31. The van der Waals surface area contributed by atoms with E-state index in [0.717, 1.165) is 4.90 Å². The molecule has 0 spiro atoms. The Kier molecular flexibility index (Phi) is 4.74. The molecule has 2 aromatic carbocycles. The van der Waals surface area contributed by atoms with Gasteiger partial charge in [-0.3, -0.25) is 14.9 Å². The maximum atomic E-state index is 12.8. The molecule has 1 saturated heterocycles. The third-order valence-corrected chi connectivity index (χ3v) is 4.10. The summed E-state index contributed by atoms with van der Waals surface area (Å²) in [5.74, 6) is -2.15. The minimum absolute atomic E-state index is 0.148. The number of nitrogens with zero attached hydrogens (tertiary/aromatic N) is 1. The van der Waals surface area contributed by atoms with Crippen LogP contribution < -0.4 is 15.0 Å². The molecule has 9 heteroatoms. The van der Waals surface area contributed by atoms with Crippen molar-refractivity contribution in [2.75, 3.05) is 12.0 Å². The number of phenols is 2. The summed E-state index contributed by atoms with van der Waals surface area (Å²) >= 11 is 6.04. The van der Waals surface area contributed by atoms with Crippen LogP contribution in [0.5, 0.6) is 17.2 Å². The largest absolute Gasteiger partial charge is 0.504 e. The van der Waals surface area contributed by atoms with Gasteiger partial charge in [0.15, 0.2) is 11.5 Å². The fourth-order valence-electron chi connectivity index (χ4n) is 2.48. The molecule has 138 valence electrons. The first-order chi connectivity index (χ1) is 12.8. The van der Waals surface area contributed by atoms with Crippen LogP contribution in [0.1, 0.15) is 5.56 Å². The summed E-state index contributed by atoms with van der Waals surface area (Å²) in [6, 6.07) is 7.15. The Balaban J connectivity index is 2.02. The van der Waals surface area contributed by atoms with Crippen LogP contribution in [0.3, 0.4) is 0 Å². The predicted molar refractivity (Wildman–Crippen MR) is 96.8 cm³/mol. The Morgan fingerprint density at radius 1 is 1.07 bits per heavy atom. The zero-order valence-corrected chi connectivity index (χ0v) is 14.6. The molecular formula is C18H13ClN2O6. The summed E-state index contributed by atoms with van der Waals surface area (Å²) < 4.78 is 5.03. The minimum Gasteiger partial charge on any atom is -0.504 e. The van der Waals surface area contributed by atoms with Gasteiger partial charge in [0.2, 0.25) is 0 Å². The number of nitrogens with one attached hydrogen (secondary N) is 1. The molecule has 0 radical (unpaired) electrons. The smallest absolute Gasteiger partial charge is 0.335 e. The zero-order chi connectivity index (χ0) is 19.7. The number of hydrogen-bond acceptors (Lipinski definition) is 6. The number of hydrogen-bond donors (Lipinski definition) is 3. The molecule has 2 aromatic rings. The highest BCUT2D eigenvalue weighted by molar-refractivity contribution is 6.39. The number of halogens is 1. The van der Waals surface area contributed by atoms with E-state index in [1.54, 1.807) is 0 Å². The second-order valence-electron chi connectivity index (χ2n) is 5.52. The number of aromatic hydroxyl groups is 2. The fourth-order valence-corrected chi connectivity index (χ4v) is 2.74. The molecule has 0 aliphatic carbocycles. The number of carbonyl (C=O) groups is 3. The highest BCUT2D eigenvalue weighted by Gasteiger charge is 2.37. The summed E-state index contributed by atoms with van der Waals surface area (Å²) in [6.45, 7) is 0. The van der Waals surface area contributed by atoms with Gasteiger partial charge in [0.05, 0.1) is 17.8 Å². The Labute approximate surface area is 158 Å². The molecule has 0 bridgehead atoms. The lowest BCUT2D eigenvalue weighted by Gasteiger charge is -2.26. The Morgan fingerprint density at radius 2 is 1.81 bits per heavy atom. The number of urea groups is 1. The van der Waals surface area contributed by atoms with Gasteiger partial charge in [-0.15, -0.1) is 0 Å². The molecule has 1 heterocycles. The summed E-state index contributed by atoms with van der Waals surface area (Å²) in [5, 5.41) is 21.2. The van der Waals surface area contributed by atoms with Crippen LogP contribution in [0.15, 0.2) is 42.0 Å². The van der Waals surface area contributed by atoms with E-state index in [9.17, 15) is 24.6 Å². The van der Waals surface area contributed by atoms with E-state index in [0.29, 0.717) is 5.75 Å². The third kappa shape index (κ3) is 3.42. The molecule has 1 fully saturated rings. The van der Waals surface area contributed by atoms with E-state index in [-0.39, 0.29) is 27.6 Å². The maximum absolute atomic E-state index is 12.8. The van der Waals surface area contributed by atoms with Crippen LogP contribution in [-0.2, 0) is 9.59 Å². The topological polar surface area (TPSA) is 116 Å². The van der Waals surface area contributed by atoms with Gasteiger partial charge in [-0.05, 0) is 42.0 Å². The molecule has 8 nitrogen and oxygen atoms in total. The molecule has 0 saturated carbocycles. The van der Waals surface area contributed by atoms with Gasteiger partial charge in [0.25, 0.3) is 11.8 Å². The lowest BCUT2D eigenvalue weighted by molar-refractivity contribution is -0.122. The Morgan fingerprint density at radius 3 is 2.44 bits per heavy atom. The van der Waals surface area contributed by atoms with Crippen LogP contribution in [-0.4, -0.2) is 35.2 Å². The van der Waals surface area contributed by atoms with Gasteiger partial charge in [-0.2, -0.15) is 0 Å². The molecule has 1 aliphatic heterocycles. The van der Waals surface area contributed by atoms with Crippen molar-refractivity contribution in [1.82, 2.24) is 5.32 Å². The van der Waals surface area contributed by atoms with Gasteiger partial charge in [-0.25, -0.2) is 9.69 Å². The van der Waals surface area contributed by atoms with E-state index in [2.05, 4.69) is 5.32 Å². The second-order valence-corrected chi connectivity index (χ2v) is 5.93. The van der Waals surface area contributed by atoms with E-state index in [4.69, 9.17) is 16.3 Å². The van der Waals surface area contributed by atoms with Crippen LogP contribution in [0.4, 0.5) is 10.5 Å². The first kappa shape index (κ1) is 18.3. The normalized spacial score (nSPS) is 15.9. The monoisotopic (exact) mass is 388 g/mol. The summed E-state index contributed by atoms with van der Waals surface area (Å²) in [6.07, 6.45) is 1.20. The molecule has 1 aliphatic rings. The SMILES string of the molecule is COc1ccc(N2C(=O)NC(=O)/C(=C/c3ccc(O)c(O)c3)C2=O)cc1Cl. The second kappa shape index (κ2) is 7.00. The molecular weight excluding hydrogens is 376 g/mol. The van der Waals surface area contributed by atoms with Crippen molar-refractivity contribution in [3.63, 3.8) is 0 Å². The zero-order valence-electron chi connectivity index (χ0n) is 13.9. The van der Waals surface area contributed by atoms with Crippen LogP contribution in [0, 0.1) is 0 Å². The van der Waals surface area contributed by atoms with Crippen molar-refractivity contribution in [3.8, 4) is 17.2 Å².